The van der Waals surface area contributed by atoms with Crippen LogP contribution in [0, 0.1) is 5.92 Å². The van der Waals surface area contributed by atoms with Gasteiger partial charge in [-0.05, 0) is 5.41 Å². The molecule has 1 rings (SSSR count). The molecule has 5 N–H and O–H groups in total. The van der Waals surface area contributed by atoms with Gasteiger partial charge in [-0.3, -0.25) is 9.59 Å². The Morgan fingerprint density at radius 3 is 2.50 bits per heavy atom. The smallest absolute Gasteiger partial charge is 0.313 e. The van der Waals surface area contributed by atoms with Crippen LogP contribution in [0.4, 0.5) is 0 Å². The molecule has 1 aliphatic heterocycles. The molecule has 0 aromatic carbocycles. The highest BCUT2D eigenvalue weighted by Gasteiger charge is 2.46. The van der Waals surface area contributed by atoms with E-state index in [1.54, 1.807) is 0 Å². The number of carbonyl (C=O) groups is 2. The van der Waals surface area contributed by atoms with E-state index in [0.717, 1.165) is 11.8 Å². The average Bonchev–Trinajstić information content (AvgIpc) is 2.32. The Balaban J connectivity index is 2.94. The molecular formula is C6H8N2O3S. The first-order chi connectivity index (χ1) is 5.48. The Labute approximate surface area is 72.8 Å². The van der Waals surface area contributed by atoms with Crippen molar-refractivity contribution in [3.8, 4) is 0 Å². The SMILES string of the molecule is NC(=O)[C@@]1(N)SC=C[C@@H]1C(=O)O. The van der Waals surface area contributed by atoms with Crippen LogP contribution in [-0.4, -0.2) is 21.9 Å². The molecular weight excluding hydrogens is 180 g/mol. The molecule has 0 spiro atoms. The molecule has 0 aliphatic carbocycles. The highest BCUT2D eigenvalue weighted by molar-refractivity contribution is 8.04. The number of rotatable bonds is 2. The lowest BCUT2D eigenvalue weighted by atomic mass is 10.00. The fourth-order valence-corrected chi connectivity index (χ4v) is 1.83. The number of carbonyl (C=O) groups excluding carboxylic acids is 1. The summed E-state index contributed by atoms with van der Waals surface area (Å²) in [4.78, 5) is 19.9. The van der Waals surface area contributed by atoms with E-state index < -0.39 is 22.7 Å². The second kappa shape index (κ2) is 2.80. The number of carboxylic acids is 1. The number of hydrogen-bond acceptors (Lipinski definition) is 4. The maximum absolute atomic E-state index is 10.8. The fraction of sp³-hybridized carbons (Fsp3) is 0.333. The summed E-state index contributed by atoms with van der Waals surface area (Å²) in [6.07, 6.45) is 1.36. The Morgan fingerprint density at radius 2 is 2.17 bits per heavy atom. The molecule has 0 fully saturated rings. The number of thioether (sulfide) groups is 1. The normalized spacial score (nSPS) is 33.6. The van der Waals surface area contributed by atoms with Crippen LogP contribution in [0.1, 0.15) is 0 Å². The van der Waals surface area contributed by atoms with Crippen LogP contribution in [0.3, 0.4) is 0 Å². The third-order valence-electron chi connectivity index (χ3n) is 1.65. The predicted octanol–water partition coefficient (Wildman–Crippen LogP) is -0.912. The van der Waals surface area contributed by atoms with Crippen molar-refractivity contribution in [3.63, 3.8) is 0 Å². The summed E-state index contributed by atoms with van der Waals surface area (Å²) in [5.41, 5.74) is 10.5. The van der Waals surface area contributed by atoms with Gasteiger partial charge in [0.25, 0.3) is 0 Å². The lowest BCUT2D eigenvalue weighted by Gasteiger charge is -2.23. The van der Waals surface area contributed by atoms with Crippen molar-refractivity contribution in [3.05, 3.63) is 11.5 Å². The minimum Gasteiger partial charge on any atom is -0.481 e. The predicted molar refractivity (Wildman–Crippen MR) is 44.0 cm³/mol. The fourth-order valence-electron chi connectivity index (χ4n) is 0.924. The first kappa shape index (κ1) is 9.08. The lowest BCUT2D eigenvalue weighted by molar-refractivity contribution is -0.143. The second-order valence-corrected chi connectivity index (χ2v) is 3.60. The van der Waals surface area contributed by atoms with E-state index in [1.807, 2.05) is 0 Å². The second-order valence-electron chi connectivity index (χ2n) is 2.42. The zero-order chi connectivity index (χ0) is 9.35. The molecule has 1 amide bonds. The van der Waals surface area contributed by atoms with Gasteiger partial charge in [0.15, 0.2) is 4.87 Å². The van der Waals surface area contributed by atoms with Gasteiger partial charge in [0.1, 0.15) is 5.92 Å². The van der Waals surface area contributed by atoms with Gasteiger partial charge in [0.05, 0.1) is 0 Å². The average molecular weight is 188 g/mol. The van der Waals surface area contributed by atoms with Gasteiger partial charge in [-0.2, -0.15) is 0 Å². The van der Waals surface area contributed by atoms with Crippen molar-refractivity contribution >= 4 is 23.6 Å². The number of amides is 1. The van der Waals surface area contributed by atoms with E-state index in [-0.39, 0.29) is 0 Å². The highest BCUT2D eigenvalue weighted by atomic mass is 32.2. The van der Waals surface area contributed by atoms with Crippen molar-refractivity contribution in [2.24, 2.45) is 17.4 Å². The van der Waals surface area contributed by atoms with Crippen LogP contribution in [0.25, 0.3) is 0 Å². The van der Waals surface area contributed by atoms with E-state index in [4.69, 9.17) is 16.6 Å². The molecule has 5 nitrogen and oxygen atoms in total. The number of nitrogens with two attached hydrogens (primary N) is 2. The number of hydrogen-bond donors (Lipinski definition) is 3. The standard InChI is InChI=1S/C6H8N2O3S/c7-5(11)6(8)3(4(9)10)1-2-12-6/h1-3H,8H2,(H2,7,11)(H,9,10)/t3-,6+/m1/s1. The van der Waals surface area contributed by atoms with E-state index >= 15 is 0 Å². The summed E-state index contributed by atoms with van der Waals surface area (Å²) in [7, 11) is 0. The summed E-state index contributed by atoms with van der Waals surface area (Å²) >= 11 is 0.931. The van der Waals surface area contributed by atoms with Crippen LogP contribution >= 0.6 is 11.8 Å². The number of carboxylic acid groups (broad SMARTS) is 1. The first-order valence-electron chi connectivity index (χ1n) is 3.14. The maximum atomic E-state index is 10.8. The lowest BCUT2D eigenvalue weighted by Crippen LogP contribution is -2.54. The molecule has 2 atom stereocenters. The van der Waals surface area contributed by atoms with Gasteiger partial charge in [-0.1, -0.05) is 6.08 Å². The summed E-state index contributed by atoms with van der Waals surface area (Å²) < 4.78 is 0. The van der Waals surface area contributed by atoms with E-state index in [1.165, 1.54) is 11.5 Å². The van der Waals surface area contributed by atoms with Crippen LogP contribution in [0.5, 0.6) is 0 Å². The molecule has 1 heterocycles. The molecule has 0 saturated heterocycles. The largest absolute Gasteiger partial charge is 0.481 e. The zero-order valence-electron chi connectivity index (χ0n) is 6.06. The molecule has 1 aliphatic rings. The van der Waals surface area contributed by atoms with Crippen LogP contribution in [-0.2, 0) is 9.59 Å². The third kappa shape index (κ3) is 1.19. The van der Waals surface area contributed by atoms with Gasteiger partial charge < -0.3 is 16.6 Å². The van der Waals surface area contributed by atoms with Gasteiger partial charge in [0, 0.05) is 0 Å². The van der Waals surface area contributed by atoms with Crippen LogP contribution < -0.4 is 11.5 Å². The van der Waals surface area contributed by atoms with Gasteiger partial charge in [0.2, 0.25) is 5.91 Å². The first-order valence-corrected chi connectivity index (χ1v) is 4.02. The maximum Gasteiger partial charge on any atom is 0.313 e. The number of primary amides is 1. The zero-order valence-corrected chi connectivity index (χ0v) is 6.88. The van der Waals surface area contributed by atoms with E-state index in [2.05, 4.69) is 0 Å². The van der Waals surface area contributed by atoms with Crippen molar-refractivity contribution in [2.45, 2.75) is 4.87 Å². The van der Waals surface area contributed by atoms with Gasteiger partial charge in [-0.25, -0.2) is 0 Å². The molecule has 0 aromatic heterocycles. The topological polar surface area (TPSA) is 106 Å². The van der Waals surface area contributed by atoms with Crippen LogP contribution in [0.15, 0.2) is 11.5 Å². The summed E-state index contributed by atoms with van der Waals surface area (Å²) in [5, 5.41) is 10.1. The molecule has 0 bridgehead atoms. The number of aliphatic carboxylic acids is 1. The van der Waals surface area contributed by atoms with Crippen molar-refractivity contribution < 1.29 is 14.7 Å². The van der Waals surface area contributed by atoms with Crippen LogP contribution in [0.2, 0.25) is 0 Å². The van der Waals surface area contributed by atoms with E-state index in [0.29, 0.717) is 0 Å². The molecule has 0 aromatic rings. The minimum absolute atomic E-state index is 0.815. The Hall–Kier alpha value is -1.01. The molecule has 0 unspecified atom stereocenters. The Bertz CT molecular complexity index is 266. The van der Waals surface area contributed by atoms with E-state index in [9.17, 15) is 9.59 Å². The van der Waals surface area contributed by atoms with Gasteiger partial charge in [-0.15, -0.1) is 11.8 Å². The quantitative estimate of drug-likeness (QED) is 0.520. The Morgan fingerprint density at radius 1 is 1.58 bits per heavy atom. The highest BCUT2D eigenvalue weighted by Crippen LogP contribution is 2.36. The van der Waals surface area contributed by atoms with Crippen molar-refractivity contribution in [1.82, 2.24) is 0 Å². The molecule has 0 saturated carbocycles. The van der Waals surface area contributed by atoms with Crippen molar-refractivity contribution in [1.29, 1.82) is 0 Å². The Kier molecular flexibility index (Phi) is 2.12. The third-order valence-corrected chi connectivity index (χ3v) is 2.79. The molecule has 12 heavy (non-hydrogen) atoms. The summed E-state index contributed by atoms with van der Waals surface area (Å²) in [5.74, 6) is -2.98. The van der Waals surface area contributed by atoms with Gasteiger partial charge >= 0.3 is 5.97 Å². The molecule has 0 radical (unpaired) electrons. The summed E-state index contributed by atoms with van der Waals surface area (Å²) in [6.45, 7) is 0. The minimum atomic E-state index is -1.52. The van der Waals surface area contributed by atoms with Crippen molar-refractivity contribution in [2.75, 3.05) is 0 Å². The molecule has 66 valence electrons. The monoisotopic (exact) mass is 188 g/mol. The summed E-state index contributed by atoms with van der Waals surface area (Å²) in [6, 6.07) is 0. The molecule has 6 heteroatoms.